The lowest BCUT2D eigenvalue weighted by atomic mass is 10.1. The summed E-state index contributed by atoms with van der Waals surface area (Å²) < 4.78 is 0. The molecule has 0 bridgehead atoms. The summed E-state index contributed by atoms with van der Waals surface area (Å²) >= 11 is 0. The Kier molecular flexibility index (Phi) is 3.95. The summed E-state index contributed by atoms with van der Waals surface area (Å²) in [6.45, 7) is 4.59. The molecule has 4 heteroatoms. The normalized spacial score (nSPS) is 22.3. The van der Waals surface area contributed by atoms with E-state index >= 15 is 0 Å². The van der Waals surface area contributed by atoms with Gasteiger partial charge in [0.15, 0.2) is 0 Å². The summed E-state index contributed by atoms with van der Waals surface area (Å²) in [5.74, 6) is 0.813. The molecule has 1 saturated carbocycles. The molecule has 2 aromatic rings. The van der Waals surface area contributed by atoms with Gasteiger partial charge in [-0.05, 0) is 43.8 Å². The van der Waals surface area contributed by atoms with Crippen molar-refractivity contribution in [3.8, 4) is 11.3 Å². The number of likely N-dealkylation sites (tertiary alicyclic amines) is 1. The predicted octanol–water partition coefficient (Wildman–Crippen LogP) is 2.65. The fourth-order valence-electron chi connectivity index (χ4n) is 3.51. The van der Waals surface area contributed by atoms with Crippen LogP contribution in [-0.4, -0.2) is 40.8 Å². The minimum Gasteiger partial charge on any atom is -0.312 e. The molecule has 2 N–H and O–H groups in total. The van der Waals surface area contributed by atoms with Gasteiger partial charge in [0.05, 0.1) is 11.9 Å². The van der Waals surface area contributed by atoms with Crippen molar-refractivity contribution in [1.29, 1.82) is 0 Å². The Hall–Kier alpha value is -1.65. The fraction of sp³-hybridized carbons (Fsp3) is 0.500. The maximum Gasteiger partial charge on any atom is 0.0695 e. The lowest BCUT2D eigenvalue weighted by molar-refractivity contribution is 0.312. The van der Waals surface area contributed by atoms with Crippen LogP contribution in [0.25, 0.3) is 11.3 Å². The van der Waals surface area contributed by atoms with Crippen LogP contribution in [0.15, 0.2) is 36.5 Å². The van der Waals surface area contributed by atoms with Crippen LogP contribution in [0.1, 0.15) is 24.8 Å². The molecule has 1 saturated heterocycles. The highest BCUT2D eigenvalue weighted by Gasteiger charge is 2.33. The van der Waals surface area contributed by atoms with Crippen LogP contribution in [0.4, 0.5) is 0 Å². The van der Waals surface area contributed by atoms with Gasteiger partial charge in [-0.3, -0.25) is 5.10 Å². The zero-order valence-corrected chi connectivity index (χ0v) is 13.0. The average Bonchev–Trinajstić information content (AvgIpc) is 3.12. The van der Waals surface area contributed by atoms with E-state index in [4.69, 9.17) is 0 Å². The molecule has 2 fully saturated rings. The molecule has 1 atom stereocenters. The minimum absolute atomic E-state index is 0.813. The van der Waals surface area contributed by atoms with E-state index in [2.05, 4.69) is 44.7 Å². The molecular weight excluding hydrogens is 272 g/mol. The smallest absolute Gasteiger partial charge is 0.0695 e. The van der Waals surface area contributed by atoms with Gasteiger partial charge in [0.1, 0.15) is 0 Å². The van der Waals surface area contributed by atoms with Crippen LogP contribution in [-0.2, 0) is 6.54 Å². The van der Waals surface area contributed by atoms with Crippen LogP contribution in [0.3, 0.4) is 0 Å². The van der Waals surface area contributed by atoms with Crippen molar-refractivity contribution in [1.82, 2.24) is 20.4 Å². The second kappa shape index (κ2) is 6.23. The molecule has 2 heterocycles. The number of benzene rings is 1. The lowest BCUT2D eigenvalue weighted by Crippen LogP contribution is -2.27. The lowest BCUT2D eigenvalue weighted by Gasteiger charge is -2.15. The first-order chi connectivity index (χ1) is 10.9. The second-order valence-electron chi connectivity index (χ2n) is 6.65. The zero-order valence-electron chi connectivity index (χ0n) is 13.0. The summed E-state index contributed by atoms with van der Waals surface area (Å²) in [6, 6.07) is 11.4. The van der Waals surface area contributed by atoms with E-state index in [1.54, 1.807) is 0 Å². The standard InChI is InChI=1S/C18H24N4/c1-2-4-15(5-3-1)18-16(12-20-21-18)11-19-10-14-8-9-22(13-14)17-6-7-17/h1-5,12,14,17,19H,6-11,13H2,(H,20,21)/t14-/m1/s1. The number of aromatic nitrogens is 2. The van der Waals surface area contributed by atoms with Crippen molar-refractivity contribution in [2.45, 2.75) is 31.8 Å². The van der Waals surface area contributed by atoms with Gasteiger partial charge in [-0.2, -0.15) is 5.10 Å². The van der Waals surface area contributed by atoms with Gasteiger partial charge in [-0.1, -0.05) is 30.3 Å². The van der Waals surface area contributed by atoms with Gasteiger partial charge < -0.3 is 10.2 Å². The topological polar surface area (TPSA) is 44.0 Å². The van der Waals surface area contributed by atoms with E-state index in [-0.39, 0.29) is 0 Å². The summed E-state index contributed by atoms with van der Waals surface area (Å²) in [7, 11) is 0. The number of H-pyrrole nitrogens is 1. The predicted molar refractivity (Wildman–Crippen MR) is 88.4 cm³/mol. The third-order valence-electron chi connectivity index (χ3n) is 4.91. The van der Waals surface area contributed by atoms with E-state index in [1.807, 2.05) is 12.3 Å². The quantitative estimate of drug-likeness (QED) is 0.861. The number of hydrogen-bond acceptors (Lipinski definition) is 3. The highest BCUT2D eigenvalue weighted by Crippen LogP contribution is 2.31. The van der Waals surface area contributed by atoms with Crippen molar-refractivity contribution in [3.05, 3.63) is 42.1 Å². The molecule has 4 nitrogen and oxygen atoms in total. The summed E-state index contributed by atoms with van der Waals surface area (Å²) in [4.78, 5) is 2.68. The van der Waals surface area contributed by atoms with E-state index in [1.165, 1.54) is 43.5 Å². The van der Waals surface area contributed by atoms with Gasteiger partial charge >= 0.3 is 0 Å². The molecule has 0 radical (unpaired) electrons. The first-order valence-corrected chi connectivity index (χ1v) is 8.42. The second-order valence-corrected chi connectivity index (χ2v) is 6.65. The SMILES string of the molecule is c1ccc(-c2[nH]ncc2CNC[C@H]2CCN(C3CC3)C2)cc1. The van der Waals surface area contributed by atoms with Crippen LogP contribution in [0.2, 0.25) is 0 Å². The molecule has 0 spiro atoms. The molecule has 4 rings (SSSR count). The van der Waals surface area contributed by atoms with Gasteiger partial charge in [0.2, 0.25) is 0 Å². The van der Waals surface area contributed by atoms with Crippen LogP contribution >= 0.6 is 0 Å². The highest BCUT2D eigenvalue weighted by molar-refractivity contribution is 5.62. The van der Waals surface area contributed by atoms with Crippen molar-refractivity contribution < 1.29 is 0 Å². The Morgan fingerprint density at radius 3 is 2.86 bits per heavy atom. The number of aromatic amines is 1. The molecule has 1 aliphatic heterocycles. The van der Waals surface area contributed by atoms with E-state index in [9.17, 15) is 0 Å². The van der Waals surface area contributed by atoms with Crippen molar-refractivity contribution >= 4 is 0 Å². The van der Waals surface area contributed by atoms with Crippen molar-refractivity contribution in [2.75, 3.05) is 19.6 Å². The Labute approximate surface area is 131 Å². The molecule has 116 valence electrons. The van der Waals surface area contributed by atoms with Crippen molar-refractivity contribution in [2.24, 2.45) is 5.92 Å². The average molecular weight is 296 g/mol. The third kappa shape index (κ3) is 3.08. The highest BCUT2D eigenvalue weighted by atomic mass is 15.2. The molecule has 2 aliphatic rings. The molecular formula is C18H24N4. The van der Waals surface area contributed by atoms with Crippen LogP contribution < -0.4 is 5.32 Å². The maximum absolute atomic E-state index is 4.22. The number of nitrogens with one attached hydrogen (secondary N) is 2. The molecule has 1 aromatic heterocycles. The molecule has 1 aromatic carbocycles. The molecule has 0 amide bonds. The zero-order chi connectivity index (χ0) is 14.8. The van der Waals surface area contributed by atoms with Gasteiger partial charge in [-0.15, -0.1) is 0 Å². The van der Waals surface area contributed by atoms with E-state index < -0.39 is 0 Å². The van der Waals surface area contributed by atoms with Gasteiger partial charge in [0, 0.05) is 24.7 Å². The van der Waals surface area contributed by atoms with Crippen LogP contribution in [0.5, 0.6) is 0 Å². The summed E-state index contributed by atoms with van der Waals surface area (Å²) in [5, 5.41) is 11.0. The Bertz CT molecular complexity index is 603. The first-order valence-electron chi connectivity index (χ1n) is 8.42. The Morgan fingerprint density at radius 1 is 1.18 bits per heavy atom. The van der Waals surface area contributed by atoms with Crippen molar-refractivity contribution in [3.63, 3.8) is 0 Å². The van der Waals surface area contributed by atoms with E-state index in [0.29, 0.717) is 0 Å². The van der Waals surface area contributed by atoms with Gasteiger partial charge in [0.25, 0.3) is 0 Å². The summed E-state index contributed by atoms with van der Waals surface area (Å²) in [6.07, 6.45) is 6.14. The number of nitrogens with zero attached hydrogens (tertiary/aromatic N) is 2. The summed E-state index contributed by atoms with van der Waals surface area (Å²) in [5.41, 5.74) is 3.60. The molecule has 0 unspecified atom stereocenters. The molecule has 22 heavy (non-hydrogen) atoms. The maximum atomic E-state index is 4.22. The monoisotopic (exact) mass is 296 g/mol. The van der Waals surface area contributed by atoms with E-state index in [0.717, 1.165) is 30.7 Å². The van der Waals surface area contributed by atoms with Gasteiger partial charge in [-0.25, -0.2) is 0 Å². The Balaban J connectivity index is 1.30. The Morgan fingerprint density at radius 2 is 2.05 bits per heavy atom. The largest absolute Gasteiger partial charge is 0.312 e. The fourth-order valence-corrected chi connectivity index (χ4v) is 3.51. The third-order valence-corrected chi connectivity index (χ3v) is 4.91. The number of rotatable bonds is 6. The first kappa shape index (κ1) is 14.0. The molecule has 1 aliphatic carbocycles. The number of hydrogen-bond donors (Lipinski definition) is 2. The minimum atomic E-state index is 0.813. The van der Waals surface area contributed by atoms with Crippen LogP contribution in [0, 0.1) is 5.92 Å².